The molecule has 3 rings (SSSR count). The molecule has 0 aliphatic carbocycles. The van der Waals surface area contributed by atoms with E-state index >= 15 is 0 Å². The number of carbonyl (C=O) groups is 1. The minimum atomic E-state index is 0.0359. The summed E-state index contributed by atoms with van der Waals surface area (Å²) in [7, 11) is 0. The van der Waals surface area contributed by atoms with Gasteiger partial charge < -0.3 is 11.1 Å². The number of hydrogen-bond acceptors (Lipinski definition) is 3. The van der Waals surface area contributed by atoms with Gasteiger partial charge in [-0.05, 0) is 36.6 Å². The van der Waals surface area contributed by atoms with Crippen LogP contribution in [0.4, 0.5) is 5.69 Å². The van der Waals surface area contributed by atoms with Crippen LogP contribution >= 0.6 is 0 Å². The molecule has 2 aromatic carbocycles. The van der Waals surface area contributed by atoms with Crippen molar-refractivity contribution < 1.29 is 4.79 Å². The van der Waals surface area contributed by atoms with E-state index in [1.165, 1.54) is 5.56 Å². The second kappa shape index (κ2) is 7.60. The van der Waals surface area contributed by atoms with E-state index in [9.17, 15) is 4.79 Å². The van der Waals surface area contributed by atoms with Gasteiger partial charge in [0.15, 0.2) is 0 Å². The molecular weight excluding hydrogens is 298 g/mol. The molecule has 2 aromatic rings. The molecule has 1 aliphatic rings. The minimum absolute atomic E-state index is 0.0359. The minimum Gasteiger partial charge on any atom is -0.330 e. The van der Waals surface area contributed by atoms with Crippen LogP contribution in [0.15, 0.2) is 54.6 Å². The number of amides is 1. The second-order valence-electron chi connectivity index (χ2n) is 6.57. The Balaban J connectivity index is 1.62. The number of nitrogens with two attached hydrogens (primary N) is 1. The van der Waals surface area contributed by atoms with Gasteiger partial charge in [0.1, 0.15) is 0 Å². The number of nitrogens with zero attached hydrogens (tertiary/aromatic N) is 1. The first-order valence-electron chi connectivity index (χ1n) is 8.50. The summed E-state index contributed by atoms with van der Waals surface area (Å²) in [6, 6.07) is 18.3. The topological polar surface area (TPSA) is 58.4 Å². The van der Waals surface area contributed by atoms with Crippen LogP contribution in [0.5, 0.6) is 0 Å². The highest BCUT2D eigenvalue weighted by atomic mass is 16.2. The fraction of sp³-hybridized carbons (Fsp3) is 0.350. The molecule has 0 aromatic heterocycles. The third-order valence-corrected chi connectivity index (χ3v) is 4.83. The van der Waals surface area contributed by atoms with Gasteiger partial charge in [-0.25, -0.2) is 0 Å². The van der Waals surface area contributed by atoms with Gasteiger partial charge in [0, 0.05) is 24.7 Å². The summed E-state index contributed by atoms with van der Waals surface area (Å²) in [5.74, 6) is 0.843. The summed E-state index contributed by atoms with van der Waals surface area (Å²) in [6.07, 6.45) is 0. The molecule has 24 heavy (non-hydrogen) atoms. The Bertz CT molecular complexity index is 686. The summed E-state index contributed by atoms with van der Waals surface area (Å²) in [5.41, 5.74) is 9.25. The molecule has 1 aliphatic heterocycles. The van der Waals surface area contributed by atoms with E-state index in [-0.39, 0.29) is 5.91 Å². The Hall–Kier alpha value is -2.17. The molecule has 1 amide bonds. The lowest BCUT2D eigenvalue weighted by Crippen LogP contribution is -2.32. The fourth-order valence-electron chi connectivity index (χ4n) is 3.51. The zero-order chi connectivity index (χ0) is 16.9. The van der Waals surface area contributed by atoms with Crippen molar-refractivity contribution in [2.75, 3.05) is 31.5 Å². The molecular formula is C20H25N3O. The number of anilines is 1. The van der Waals surface area contributed by atoms with Crippen LogP contribution in [-0.4, -0.2) is 37.0 Å². The number of benzene rings is 2. The van der Waals surface area contributed by atoms with Gasteiger partial charge in [-0.3, -0.25) is 9.69 Å². The molecule has 0 spiro atoms. The first-order chi connectivity index (χ1) is 11.7. The number of carbonyl (C=O) groups excluding carboxylic acids is 1. The van der Waals surface area contributed by atoms with Gasteiger partial charge in [-0.1, -0.05) is 48.5 Å². The van der Waals surface area contributed by atoms with Crippen molar-refractivity contribution in [3.63, 3.8) is 0 Å². The van der Waals surface area contributed by atoms with Gasteiger partial charge in [0.05, 0.1) is 6.54 Å². The van der Waals surface area contributed by atoms with Gasteiger partial charge >= 0.3 is 0 Å². The lowest BCUT2D eigenvalue weighted by atomic mass is 9.89. The summed E-state index contributed by atoms with van der Waals surface area (Å²) in [5, 5.41) is 3.01. The maximum atomic E-state index is 12.4. The smallest absolute Gasteiger partial charge is 0.238 e. The Morgan fingerprint density at radius 2 is 1.83 bits per heavy atom. The van der Waals surface area contributed by atoms with Gasteiger partial charge in [0.25, 0.3) is 0 Å². The highest BCUT2D eigenvalue weighted by molar-refractivity contribution is 5.92. The predicted octanol–water partition coefficient (Wildman–Crippen LogP) is 2.61. The van der Waals surface area contributed by atoms with Crippen LogP contribution in [0.2, 0.25) is 0 Å². The lowest BCUT2D eigenvalue weighted by Gasteiger charge is -2.17. The standard InChI is InChI=1S/C20H25N3O/c1-15-7-5-6-10-19(15)22-20(24)14-23-12-17(11-21)18(13-23)16-8-3-2-4-9-16/h2-10,17-18H,11-14,21H2,1H3,(H,22,24)/t17-,18+/m1/s1. The average Bonchev–Trinajstić information content (AvgIpc) is 3.00. The zero-order valence-electron chi connectivity index (χ0n) is 14.1. The summed E-state index contributed by atoms with van der Waals surface area (Å²) >= 11 is 0. The van der Waals surface area contributed by atoms with Gasteiger partial charge in [0.2, 0.25) is 5.91 Å². The highest BCUT2D eigenvalue weighted by Gasteiger charge is 2.33. The summed E-state index contributed by atoms with van der Waals surface area (Å²) < 4.78 is 0. The number of hydrogen-bond donors (Lipinski definition) is 2. The molecule has 0 saturated carbocycles. The molecule has 126 valence electrons. The third-order valence-electron chi connectivity index (χ3n) is 4.83. The van der Waals surface area contributed by atoms with E-state index in [1.54, 1.807) is 0 Å². The van der Waals surface area contributed by atoms with E-state index in [0.717, 1.165) is 24.3 Å². The van der Waals surface area contributed by atoms with Crippen LogP contribution in [0.25, 0.3) is 0 Å². The van der Waals surface area contributed by atoms with E-state index in [2.05, 4.69) is 34.5 Å². The van der Waals surface area contributed by atoms with Crippen molar-refractivity contribution in [2.24, 2.45) is 11.7 Å². The Morgan fingerprint density at radius 1 is 1.12 bits per heavy atom. The molecule has 4 nitrogen and oxygen atoms in total. The normalized spacial score (nSPS) is 20.9. The van der Waals surface area contributed by atoms with Crippen molar-refractivity contribution in [1.82, 2.24) is 4.90 Å². The number of rotatable bonds is 5. The van der Waals surface area contributed by atoms with Crippen molar-refractivity contribution >= 4 is 11.6 Å². The van der Waals surface area contributed by atoms with Crippen LogP contribution in [0.1, 0.15) is 17.0 Å². The number of para-hydroxylation sites is 1. The van der Waals surface area contributed by atoms with Crippen molar-refractivity contribution in [2.45, 2.75) is 12.8 Å². The molecule has 0 bridgehead atoms. The van der Waals surface area contributed by atoms with E-state index in [0.29, 0.717) is 24.9 Å². The molecule has 1 heterocycles. The fourth-order valence-corrected chi connectivity index (χ4v) is 3.51. The highest BCUT2D eigenvalue weighted by Crippen LogP contribution is 2.31. The quantitative estimate of drug-likeness (QED) is 0.889. The Kier molecular flexibility index (Phi) is 5.28. The molecule has 1 saturated heterocycles. The molecule has 4 heteroatoms. The van der Waals surface area contributed by atoms with Crippen molar-refractivity contribution in [3.8, 4) is 0 Å². The maximum absolute atomic E-state index is 12.4. The molecule has 2 atom stereocenters. The summed E-state index contributed by atoms with van der Waals surface area (Å²) in [4.78, 5) is 14.6. The number of likely N-dealkylation sites (tertiary alicyclic amines) is 1. The first-order valence-corrected chi connectivity index (χ1v) is 8.50. The van der Waals surface area contributed by atoms with E-state index < -0.39 is 0 Å². The molecule has 0 unspecified atom stereocenters. The van der Waals surface area contributed by atoms with E-state index in [4.69, 9.17) is 5.73 Å². The Labute approximate surface area is 143 Å². The summed E-state index contributed by atoms with van der Waals surface area (Å²) in [6.45, 7) is 4.81. The second-order valence-corrected chi connectivity index (χ2v) is 6.57. The van der Waals surface area contributed by atoms with Gasteiger partial charge in [-0.2, -0.15) is 0 Å². The largest absolute Gasteiger partial charge is 0.330 e. The molecule has 0 radical (unpaired) electrons. The van der Waals surface area contributed by atoms with E-state index in [1.807, 2.05) is 37.3 Å². The molecule has 3 N–H and O–H groups in total. The van der Waals surface area contributed by atoms with Crippen LogP contribution in [-0.2, 0) is 4.79 Å². The lowest BCUT2D eigenvalue weighted by molar-refractivity contribution is -0.117. The average molecular weight is 323 g/mol. The van der Waals surface area contributed by atoms with Crippen LogP contribution in [0, 0.1) is 12.8 Å². The monoisotopic (exact) mass is 323 g/mol. The van der Waals surface area contributed by atoms with Crippen LogP contribution in [0.3, 0.4) is 0 Å². The predicted molar refractivity (Wildman–Crippen MR) is 98.0 cm³/mol. The maximum Gasteiger partial charge on any atom is 0.238 e. The number of aryl methyl sites for hydroxylation is 1. The Morgan fingerprint density at radius 3 is 2.54 bits per heavy atom. The van der Waals surface area contributed by atoms with Crippen LogP contribution < -0.4 is 11.1 Å². The zero-order valence-corrected chi connectivity index (χ0v) is 14.1. The van der Waals surface area contributed by atoms with Gasteiger partial charge in [-0.15, -0.1) is 0 Å². The van der Waals surface area contributed by atoms with Crippen molar-refractivity contribution in [1.29, 1.82) is 0 Å². The molecule has 1 fully saturated rings. The SMILES string of the molecule is Cc1ccccc1NC(=O)CN1C[C@@H](CN)[C@H](c2ccccc2)C1. The number of nitrogens with one attached hydrogen (secondary N) is 1. The first kappa shape index (κ1) is 16.7. The third kappa shape index (κ3) is 3.83. The van der Waals surface area contributed by atoms with Crippen molar-refractivity contribution in [3.05, 3.63) is 65.7 Å².